The van der Waals surface area contributed by atoms with E-state index < -0.39 is 42.6 Å². The van der Waals surface area contributed by atoms with Crippen molar-refractivity contribution in [1.29, 1.82) is 0 Å². The molecule has 0 bridgehead atoms. The van der Waals surface area contributed by atoms with Gasteiger partial charge < -0.3 is 9.88 Å². The Hall–Kier alpha value is -4.85. The van der Waals surface area contributed by atoms with Crippen LogP contribution in [0.1, 0.15) is 120 Å². The molecule has 5 aliphatic heterocycles. The first kappa shape index (κ1) is 40.2. The Kier molecular flexibility index (Phi) is 10.4. The minimum atomic E-state index is -2.65. The second kappa shape index (κ2) is 15.8. The molecule has 3 amide bonds. The van der Waals surface area contributed by atoms with Crippen molar-refractivity contribution in [2.24, 2.45) is 5.92 Å². The second-order valence-electron chi connectivity index (χ2n) is 18.4. The lowest BCUT2D eigenvalue weighted by molar-refractivity contribution is -0.136. The highest BCUT2D eigenvalue weighted by molar-refractivity contribution is 6.12. The summed E-state index contributed by atoms with van der Waals surface area (Å²) < 4.78 is 60.5. The molecule has 1 unspecified atom stereocenters. The predicted molar refractivity (Wildman–Crippen MR) is 224 cm³/mol. The lowest BCUT2D eigenvalue weighted by Crippen LogP contribution is -2.52. The zero-order valence-corrected chi connectivity index (χ0v) is 34.5. The summed E-state index contributed by atoms with van der Waals surface area (Å²) in [4.78, 5) is 49.2. The standard InChI is InChI=1S/C48H52F4N6O3/c1-26-17-36-34-5-3-4-6-40(34)53-45(36)46(57(26)25-42(51)52)44-38(49)20-30(21-39(44)50)29-13-15-55(16-14-29)22-28-7-9-33(10-8-28)56-23-31-18-35-27(2)58(41-11-12-43(59)54-47(41)60)48(61)37(35)19-32(31)24-56/h3-6,18-21,26,28-29,33,41-42,46,53H,2,7-17,22-25H2,1H3,(H,54,59,60)/t26-,28?,33?,41?,46-/m1/s1. The summed E-state index contributed by atoms with van der Waals surface area (Å²) in [5.41, 5.74) is 7.02. The molecule has 3 atom stereocenters. The number of alkyl halides is 2. The van der Waals surface area contributed by atoms with E-state index in [0.717, 1.165) is 98.8 Å². The molecule has 2 N–H and O–H groups in total. The molecule has 61 heavy (non-hydrogen) atoms. The van der Waals surface area contributed by atoms with Gasteiger partial charge in [0, 0.05) is 77.1 Å². The summed E-state index contributed by atoms with van der Waals surface area (Å²) >= 11 is 0. The summed E-state index contributed by atoms with van der Waals surface area (Å²) in [6.45, 7) is 9.77. The first-order valence-corrected chi connectivity index (χ1v) is 22.0. The van der Waals surface area contributed by atoms with Gasteiger partial charge in [-0.25, -0.2) is 17.6 Å². The van der Waals surface area contributed by atoms with E-state index in [1.807, 2.05) is 37.3 Å². The first-order valence-electron chi connectivity index (χ1n) is 22.0. The van der Waals surface area contributed by atoms with E-state index in [9.17, 15) is 23.2 Å². The van der Waals surface area contributed by atoms with E-state index >= 15 is 8.78 Å². The molecule has 6 aliphatic rings. The molecule has 320 valence electrons. The molecule has 2 saturated heterocycles. The van der Waals surface area contributed by atoms with E-state index in [1.54, 1.807) is 4.90 Å². The number of piperidine rings is 2. The molecule has 10 rings (SSSR count). The maximum Gasteiger partial charge on any atom is 0.259 e. The Bertz CT molecular complexity index is 2370. The molecular weight excluding hydrogens is 785 g/mol. The lowest BCUT2D eigenvalue weighted by Gasteiger charge is -2.41. The fourth-order valence-corrected chi connectivity index (χ4v) is 11.7. The van der Waals surface area contributed by atoms with Crippen molar-refractivity contribution < 1.29 is 31.9 Å². The number of halogens is 4. The van der Waals surface area contributed by atoms with Crippen LogP contribution in [0.2, 0.25) is 0 Å². The monoisotopic (exact) mass is 836 g/mol. The SMILES string of the molecule is C=C1c2cc3c(cc2C(=O)N1C1CCC(=O)NC1=O)CN(C1CCC(CN2CCC(c4cc(F)c([C@@H]5c6[nH]c7ccccc7c6C[C@@H](C)N5CC(F)F)c(F)c4)CC2)CC1)C3. The van der Waals surface area contributed by atoms with E-state index in [0.29, 0.717) is 47.3 Å². The molecule has 6 heterocycles. The lowest BCUT2D eigenvalue weighted by atomic mass is 9.83. The van der Waals surface area contributed by atoms with Crippen molar-refractivity contribution in [3.8, 4) is 0 Å². The summed E-state index contributed by atoms with van der Waals surface area (Å²) in [6.07, 6.45) is 4.40. The number of benzene rings is 3. The zero-order valence-electron chi connectivity index (χ0n) is 34.5. The molecule has 1 aromatic heterocycles. The molecule has 3 aromatic carbocycles. The van der Waals surface area contributed by atoms with Crippen molar-refractivity contribution in [2.75, 3.05) is 26.2 Å². The van der Waals surface area contributed by atoms with Gasteiger partial charge in [-0.3, -0.25) is 34.4 Å². The molecule has 4 aromatic rings. The van der Waals surface area contributed by atoms with E-state index in [2.05, 4.69) is 32.7 Å². The van der Waals surface area contributed by atoms with Crippen LogP contribution in [-0.4, -0.2) is 93.0 Å². The van der Waals surface area contributed by atoms with Crippen molar-refractivity contribution >= 4 is 34.3 Å². The summed E-state index contributed by atoms with van der Waals surface area (Å²) in [5.74, 6) is -1.76. The number of amides is 3. The van der Waals surface area contributed by atoms with Gasteiger partial charge in [0.1, 0.15) is 17.7 Å². The van der Waals surface area contributed by atoms with Gasteiger partial charge in [0.25, 0.3) is 12.3 Å². The van der Waals surface area contributed by atoms with Crippen LogP contribution in [0.25, 0.3) is 16.6 Å². The van der Waals surface area contributed by atoms with Gasteiger partial charge in [-0.2, -0.15) is 0 Å². The number of fused-ring (bicyclic) bond motifs is 5. The number of nitrogens with one attached hydrogen (secondary N) is 2. The number of hydrogen-bond acceptors (Lipinski definition) is 6. The van der Waals surface area contributed by atoms with Gasteiger partial charge in [0.05, 0.1) is 12.6 Å². The van der Waals surface area contributed by atoms with E-state index in [-0.39, 0.29) is 35.8 Å². The Balaban J connectivity index is 0.743. The molecule has 13 heteroatoms. The molecule has 3 fully saturated rings. The number of likely N-dealkylation sites (tertiary alicyclic amines) is 1. The largest absolute Gasteiger partial charge is 0.357 e. The van der Waals surface area contributed by atoms with E-state index in [1.165, 1.54) is 22.6 Å². The second-order valence-corrected chi connectivity index (χ2v) is 18.4. The van der Waals surface area contributed by atoms with Gasteiger partial charge in [0.2, 0.25) is 11.8 Å². The Morgan fingerprint density at radius 2 is 1.56 bits per heavy atom. The summed E-state index contributed by atoms with van der Waals surface area (Å²) in [5, 5.41) is 3.31. The maximum atomic E-state index is 16.3. The van der Waals surface area contributed by atoms with Crippen LogP contribution in [-0.2, 0) is 29.1 Å². The van der Waals surface area contributed by atoms with Crippen LogP contribution in [0.5, 0.6) is 0 Å². The van der Waals surface area contributed by atoms with Crippen molar-refractivity contribution in [1.82, 2.24) is 29.9 Å². The summed E-state index contributed by atoms with van der Waals surface area (Å²) in [6, 6.07) is 13.1. The van der Waals surface area contributed by atoms with Crippen molar-refractivity contribution in [2.45, 2.75) is 114 Å². The van der Waals surface area contributed by atoms with Crippen LogP contribution < -0.4 is 5.32 Å². The Morgan fingerprint density at radius 1 is 0.869 bits per heavy atom. The quantitative estimate of drug-likeness (QED) is 0.138. The molecule has 0 spiro atoms. The van der Waals surface area contributed by atoms with Crippen molar-refractivity contribution in [3.05, 3.63) is 111 Å². The normalized spacial score (nSPS) is 26.7. The number of hydrogen-bond donors (Lipinski definition) is 2. The highest BCUT2D eigenvalue weighted by Crippen LogP contribution is 2.45. The number of nitrogens with zero attached hydrogens (tertiary/aromatic N) is 4. The van der Waals surface area contributed by atoms with Crippen molar-refractivity contribution in [3.63, 3.8) is 0 Å². The maximum absolute atomic E-state index is 16.3. The third kappa shape index (κ3) is 7.20. The topological polar surface area (TPSA) is 92.0 Å². The number of carbonyl (C=O) groups is 3. The molecule has 0 radical (unpaired) electrons. The molecule has 1 aliphatic carbocycles. The van der Waals surface area contributed by atoms with Gasteiger partial charge in [-0.15, -0.1) is 0 Å². The number of para-hydroxylation sites is 1. The fraction of sp³-hybridized carbons (Fsp3) is 0.479. The Labute approximate surface area is 353 Å². The van der Waals surface area contributed by atoms with Crippen LogP contribution in [0.4, 0.5) is 17.6 Å². The number of carbonyl (C=O) groups excluding carboxylic acids is 3. The number of imide groups is 1. The fourth-order valence-electron chi connectivity index (χ4n) is 11.7. The van der Waals surface area contributed by atoms with Crippen LogP contribution >= 0.6 is 0 Å². The molecule has 9 nitrogen and oxygen atoms in total. The highest BCUT2D eigenvalue weighted by Gasteiger charge is 2.44. The average Bonchev–Trinajstić information content (AvgIpc) is 3.89. The van der Waals surface area contributed by atoms with Crippen LogP contribution in [0, 0.1) is 17.6 Å². The van der Waals surface area contributed by atoms with Crippen LogP contribution in [0.15, 0.2) is 55.1 Å². The van der Waals surface area contributed by atoms with Gasteiger partial charge >= 0.3 is 0 Å². The number of rotatable bonds is 8. The minimum absolute atomic E-state index is 0.0160. The van der Waals surface area contributed by atoms with Gasteiger partial charge in [-0.1, -0.05) is 24.8 Å². The highest BCUT2D eigenvalue weighted by atomic mass is 19.3. The Morgan fingerprint density at radius 3 is 2.25 bits per heavy atom. The summed E-state index contributed by atoms with van der Waals surface area (Å²) in [7, 11) is 0. The number of aromatic nitrogens is 1. The third-order valence-electron chi connectivity index (χ3n) is 14.8. The van der Waals surface area contributed by atoms with Gasteiger partial charge in [-0.05, 0) is 136 Å². The number of H-pyrrole nitrogens is 1. The minimum Gasteiger partial charge on any atom is -0.357 e. The average molecular weight is 837 g/mol. The molecule has 1 saturated carbocycles. The first-order chi connectivity index (χ1) is 29.4. The smallest absolute Gasteiger partial charge is 0.259 e. The third-order valence-corrected chi connectivity index (χ3v) is 14.8. The molecular formula is C48H52F4N6O3. The number of aromatic amines is 1. The van der Waals surface area contributed by atoms with Gasteiger partial charge in [0.15, 0.2) is 0 Å². The van der Waals surface area contributed by atoms with Crippen LogP contribution in [0.3, 0.4) is 0 Å². The van der Waals surface area contributed by atoms with E-state index in [4.69, 9.17) is 0 Å². The predicted octanol–water partition coefficient (Wildman–Crippen LogP) is 8.03. The zero-order chi connectivity index (χ0) is 42.3.